The summed E-state index contributed by atoms with van der Waals surface area (Å²) in [6, 6.07) is 11.2. The monoisotopic (exact) mass is 518 g/mol. The molecular formula is C27H23FN4O4S. The van der Waals surface area contributed by atoms with Crippen LogP contribution in [0.2, 0.25) is 0 Å². The zero-order chi connectivity index (χ0) is 25.8. The van der Waals surface area contributed by atoms with Gasteiger partial charge in [-0.2, -0.15) is 0 Å². The number of imidazole rings is 1. The van der Waals surface area contributed by atoms with Crippen molar-refractivity contribution >= 4 is 21.6 Å². The Balaban J connectivity index is 1.57. The van der Waals surface area contributed by atoms with Crippen LogP contribution in [0.1, 0.15) is 11.3 Å². The van der Waals surface area contributed by atoms with E-state index in [1.807, 2.05) is 42.8 Å². The highest BCUT2D eigenvalue weighted by atomic mass is 32.1. The summed E-state index contributed by atoms with van der Waals surface area (Å²) in [5, 5.41) is 0.456. The zero-order valence-electron chi connectivity index (χ0n) is 20.4. The molecule has 1 fully saturated rings. The summed E-state index contributed by atoms with van der Waals surface area (Å²) in [5.41, 5.74) is 2.77. The third-order valence-electron chi connectivity index (χ3n) is 6.52. The molecule has 0 amide bonds. The lowest BCUT2D eigenvalue weighted by Gasteiger charge is -2.11. The molecular weight excluding hydrogens is 495 g/mol. The molecule has 1 aliphatic rings. The molecule has 0 N–H and O–H groups in total. The minimum Gasteiger partial charge on any atom is -0.495 e. The second-order valence-electron chi connectivity index (χ2n) is 9.01. The molecule has 1 aliphatic heterocycles. The topological polar surface area (TPSA) is 83.6 Å². The molecule has 3 aromatic heterocycles. The van der Waals surface area contributed by atoms with Crippen LogP contribution in [0.3, 0.4) is 0 Å². The first kappa shape index (κ1) is 23.4. The second-order valence-corrected chi connectivity index (χ2v) is 10.0. The Kier molecular flexibility index (Phi) is 5.58. The maximum atomic E-state index is 13.7. The summed E-state index contributed by atoms with van der Waals surface area (Å²) in [6.07, 6.45) is 3.57. The van der Waals surface area contributed by atoms with Crippen LogP contribution >= 0.6 is 11.3 Å². The van der Waals surface area contributed by atoms with Gasteiger partial charge in [-0.1, -0.05) is 6.07 Å². The molecule has 0 spiro atoms. The number of fused-ring (bicyclic) bond motifs is 1. The van der Waals surface area contributed by atoms with E-state index in [0.29, 0.717) is 34.8 Å². The van der Waals surface area contributed by atoms with Crippen molar-refractivity contribution in [3.63, 3.8) is 0 Å². The van der Waals surface area contributed by atoms with Gasteiger partial charge in [0, 0.05) is 11.1 Å². The summed E-state index contributed by atoms with van der Waals surface area (Å²) in [4.78, 5) is 33.0. The molecule has 1 unspecified atom stereocenters. The Labute approximate surface area is 214 Å². The lowest BCUT2D eigenvalue weighted by molar-refractivity contribution is 0.381. The minimum atomic E-state index is -0.476. The molecule has 5 aromatic rings. The normalized spacial score (nSPS) is 14.9. The van der Waals surface area contributed by atoms with E-state index in [4.69, 9.17) is 9.47 Å². The van der Waals surface area contributed by atoms with Gasteiger partial charge in [0.2, 0.25) is 0 Å². The SMILES string of the molecule is COc1cc(-c2sc3c(c2C)c(=O)n(-c2ccc(F)cc2)c(=O)n3CC2CO2)ccc1-n1cnc(C)c1. The molecule has 6 rings (SSSR count). The fraction of sp³-hybridized carbons (Fsp3) is 0.222. The van der Waals surface area contributed by atoms with Crippen LogP contribution in [-0.4, -0.2) is 38.5 Å². The standard InChI is InChI=1S/C27H23FN4O4S/c1-15-11-30(14-29-15)21-9-4-17(10-22(21)35-3)24-16(2)23-25(33)32(19-7-5-18(28)6-8-19)27(34)31(26(23)37-24)12-20-13-36-20/h4-11,14,20H,12-13H2,1-3H3. The molecule has 37 heavy (non-hydrogen) atoms. The molecule has 1 atom stereocenters. The van der Waals surface area contributed by atoms with E-state index in [2.05, 4.69) is 4.98 Å². The number of methoxy groups -OCH3 is 1. The van der Waals surface area contributed by atoms with Crippen LogP contribution in [0.15, 0.2) is 64.6 Å². The highest BCUT2D eigenvalue weighted by molar-refractivity contribution is 7.22. The van der Waals surface area contributed by atoms with Crippen LogP contribution in [0, 0.1) is 19.7 Å². The number of aromatic nitrogens is 4. The van der Waals surface area contributed by atoms with Crippen LogP contribution in [0.4, 0.5) is 4.39 Å². The lowest BCUT2D eigenvalue weighted by atomic mass is 10.1. The number of halogens is 1. The van der Waals surface area contributed by atoms with Gasteiger partial charge in [0.25, 0.3) is 5.56 Å². The lowest BCUT2D eigenvalue weighted by Crippen LogP contribution is -2.39. The Morgan fingerprint density at radius 3 is 2.57 bits per heavy atom. The van der Waals surface area contributed by atoms with Crippen LogP contribution in [0.25, 0.3) is 32.0 Å². The number of aryl methyl sites for hydroxylation is 2. The van der Waals surface area contributed by atoms with Gasteiger partial charge in [0.15, 0.2) is 0 Å². The Hall–Kier alpha value is -4.02. The van der Waals surface area contributed by atoms with Crippen molar-refractivity contribution in [1.29, 1.82) is 0 Å². The maximum absolute atomic E-state index is 13.7. The number of benzene rings is 2. The Morgan fingerprint density at radius 1 is 1.16 bits per heavy atom. The molecule has 0 saturated carbocycles. The predicted octanol–water partition coefficient (Wildman–Crippen LogP) is 4.23. The van der Waals surface area contributed by atoms with Gasteiger partial charge in [0.1, 0.15) is 16.4 Å². The number of epoxide rings is 1. The van der Waals surface area contributed by atoms with Crippen molar-refractivity contribution in [3.8, 4) is 27.6 Å². The van der Waals surface area contributed by atoms with Crippen LogP contribution < -0.4 is 16.0 Å². The van der Waals surface area contributed by atoms with Gasteiger partial charge < -0.3 is 14.0 Å². The summed E-state index contributed by atoms with van der Waals surface area (Å²) < 4.78 is 29.3. The van der Waals surface area contributed by atoms with Crippen LogP contribution in [-0.2, 0) is 11.3 Å². The van der Waals surface area contributed by atoms with Gasteiger partial charge in [-0.25, -0.2) is 18.7 Å². The third kappa shape index (κ3) is 3.98. The molecule has 8 nitrogen and oxygen atoms in total. The van der Waals surface area contributed by atoms with Crippen molar-refractivity contribution in [3.05, 3.63) is 92.9 Å². The van der Waals surface area contributed by atoms with E-state index in [-0.39, 0.29) is 6.10 Å². The first-order chi connectivity index (χ1) is 17.9. The molecule has 4 heterocycles. The van der Waals surface area contributed by atoms with Gasteiger partial charge in [-0.3, -0.25) is 9.36 Å². The minimum absolute atomic E-state index is 0.0797. The maximum Gasteiger partial charge on any atom is 0.336 e. The van der Waals surface area contributed by atoms with Crippen molar-refractivity contribution in [1.82, 2.24) is 18.7 Å². The van der Waals surface area contributed by atoms with Crippen molar-refractivity contribution in [2.45, 2.75) is 26.5 Å². The summed E-state index contributed by atoms with van der Waals surface area (Å²) >= 11 is 1.39. The largest absolute Gasteiger partial charge is 0.495 e. The first-order valence-corrected chi connectivity index (χ1v) is 12.5. The van der Waals surface area contributed by atoms with E-state index in [9.17, 15) is 14.0 Å². The number of thiophene rings is 1. The zero-order valence-corrected chi connectivity index (χ0v) is 21.2. The molecule has 188 valence electrons. The average molecular weight is 519 g/mol. The van der Waals surface area contributed by atoms with E-state index < -0.39 is 17.1 Å². The van der Waals surface area contributed by atoms with Crippen molar-refractivity contribution < 1.29 is 13.9 Å². The van der Waals surface area contributed by atoms with E-state index in [1.165, 1.54) is 35.6 Å². The molecule has 0 bridgehead atoms. The quantitative estimate of drug-likeness (QED) is 0.314. The fourth-order valence-electron chi connectivity index (χ4n) is 4.56. The summed E-state index contributed by atoms with van der Waals surface area (Å²) in [6.45, 7) is 4.70. The smallest absolute Gasteiger partial charge is 0.336 e. The number of rotatable bonds is 6. The number of ether oxygens (including phenoxy) is 2. The van der Waals surface area contributed by atoms with E-state index >= 15 is 0 Å². The Bertz CT molecular complexity index is 1780. The third-order valence-corrected chi connectivity index (χ3v) is 7.88. The van der Waals surface area contributed by atoms with Crippen molar-refractivity contribution in [2.75, 3.05) is 13.7 Å². The fourth-order valence-corrected chi connectivity index (χ4v) is 5.86. The van der Waals surface area contributed by atoms with Gasteiger partial charge >= 0.3 is 5.69 Å². The second kappa shape index (κ2) is 8.82. The van der Waals surface area contributed by atoms with E-state index in [0.717, 1.165) is 32.0 Å². The predicted molar refractivity (Wildman–Crippen MR) is 140 cm³/mol. The molecule has 0 aliphatic carbocycles. The molecule has 1 saturated heterocycles. The number of hydrogen-bond donors (Lipinski definition) is 0. The van der Waals surface area contributed by atoms with E-state index in [1.54, 1.807) is 18.0 Å². The van der Waals surface area contributed by atoms with Gasteiger partial charge in [-0.05, 0) is 61.4 Å². The summed E-state index contributed by atoms with van der Waals surface area (Å²) in [5.74, 6) is 0.209. The molecule has 10 heteroatoms. The number of nitrogens with zero attached hydrogens (tertiary/aromatic N) is 4. The van der Waals surface area contributed by atoms with Crippen molar-refractivity contribution in [2.24, 2.45) is 0 Å². The van der Waals surface area contributed by atoms with Gasteiger partial charge in [-0.15, -0.1) is 11.3 Å². The number of hydrogen-bond acceptors (Lipinski definition) is 6. The molecule has 0 radical (unpaired) electrons. The summed E-state index contributed by atoms with van der Waals surface area (Å²) in [7, 11) is 1.61. The first-order valence-electron chi connectivity index (χ1n) is 11.7. The average Bonchev–Trinajstić information content (AvgIpc) is 3.51. The highest BCUT2D eigenvalue weighted by Gasteiger charge is 2.28. The van der Waals surface area contributed by atoms with Gasteiger partial charge in [0.05, 0.1) is 55.1 Å². The molecule has 2 aromatic carbocycles. The Morgan fingerprint density at radius 2 is 1.92 bits per heavy atom. The van der Waals surface area contributed by atoms with Crippen LogP contribution in [0.5, 0.6) is 5.75 Å². The highest BCUT2D eigenvalue weighted by Crippen LogP contribution is 2.39.